The van der Waals surface area contributed by atoms with E-state index >= 15 is 0 Å². The highest BCUT2D eigenvalue weighted by molar-refractivity contribution is 9.10. The fourth-order valence-electron chi connectivity index (χ4n) is 1.57. The van der Waals surface area contributed by atoms with Gasteiger partial charge in [-0.15, -0.1) is 0 Å². The summed E-state index contributed by atoms with van der Waals surface area (Å²) < 4.78 is 19.3. The second-order valence-corrected chi connectivity index (χ2v) is 4.89. The fraction of sp³-hybridized carbons (Fsp3) is 0.417. The van der Waals surface area contributed by atoms with Gasteiger partial charge in [-0.3, -0.25) is 5.32 Å². The molecule has 1 aromatic carbocycles. The number of carboxylic acid groups (broad SMARTS) is 1. The summed E-state index contributed by atoms with van der Waals surface area (Å²) in [5, 5.41) is 12.1. The number of carbonyl (C=O) groups is 1. The van der Waals surface area contributed by atoms with Gasteiger partial charge in [0, 0.05) is 23.7 Å². The molecule has 0 heterocycles. The largest absolute Gasteiger partial charge is 0.480 e. The van der Waals surface area contributed by atoms with E-state index in [1.807, 2.05) is 0 Å². The first kappa shape index (κ1) is 15.1. The lowest BCUT2D eigenvalue weighted by Crippen LogP contribution is -2.48. The molecule has 0 saturated carbocycles. The molecule has 0 fully saturated rings. The van der Waals surface area contributed by atoms with Crippen LogP contribution in [0.1, 0.15) is 12.5 Å². The van der Waals surface area contributed by atoms with E-state index < -0.39 is 17.3 Å². The van der Waals surface area contributed by atoms with E-state index in [1.54, 1.807) is 0 Å². The van der Waals surface area contributed by atoms with Crippen LogP contribution < -0.4 is 5.32 Å². The molecular weight excluding hydrogens is 305 g/mol. The molecule has 0 spiro atoms. The van der Waals surface area contributed by atoms with Gasteiger partial charge in [-0.1, -0.05) is 15.9 Å². The number of aliphatic carboxylic acids is 1. The number of nitrogens with one attached hydrogen (secondary N) is 1. The molecule has 2 N–H and O–H groups in total. The van der Waals surface area contributed by atoms with Crippen molar-refractivity contribution in [3.8, 4) is 0 Å². The number of methoxy groups -OCH3 is 1. The minimum Gasteiger partial charge on any atom is -0.480 e. The van der Waals surface area contributed by atoms with Gasteiger partial charge in [0.1, 0.15) is 11.4 Å². The highest BCUT2D eigenvalue weighted by Gasteiger charge is 2.37. The molecule has 1 atom stereocenters. The van der Waals surface area contributed by atoms with E-state index in [9.17, 15) is 14.3 Å². The normalized spacial score (nSPS) is 14.2. The summed E-state index contributed by atoms with van der Waals surface area (Å²) in [6, 6.07) is 4.22. The van der Waals surface area contributed by atoms with Crippen molar-refractivity contribution in [3.05, 3.63) is 34.1 Å². The lowest BCUT2D eigenvalue weighted by atomic mass is 9.91. The highest BCUT2D eigenvalue weighted by Crippen LogP contribution is 2.27. The van der Waals surface area contributed by atoms with Crippen molar-refractivity contribution in [2.75, 3.05) is 20.3 Å². The monoisotopic (exact) mass is 319 g/mol. The van der Waals surface area contributed by atoms with E-state index in [-0.39, 0.29) is 5.56 Å². The van der Waals surface area contributed by atoms with Gasteiger partial charge in [0.15, 0.2) is 0 Å². The number of rotatable bonds is 6. The Hall–Kier alpha value is -0.980. The first-order valence-corrected chi connectivity index (χ1v) is 6.14. The minimum atomic E-state index is -1.49. The average Bonchev–Trinajstić information content (AvgIpc) is 2.32. The Morgan fingerprint density at radius 1 is 1.61 bits per heavy atom. The quantitative estimate of drug-likeness (QED) is 0.789. The molecule has 1 unspecified atom stereocenters. The molecule has 1 aromatic rings. The summed E-state index contributed by atoms with van der Waals surface area (Å²) >= 11 is 3.21. The van der Waals surface area contributed by atoms with Gasteiger partial charge in [-0.05, 0) is 25.1 Å². The van der Waals surface area contributed by atoms with Crippen molar-refractivity contribution in [1.82, 2.24) is 5.32 Å². The summed E-state index contributed by atoms with van der Waals surface area (Å²) in [6.07, 6.45) is 0. The zero-order valence-electron chi connectivity index (χ0n) is 10.2. The van der Waals surface area contributed by atoms with Crippen molar-refractivity contribution in [2.45, 2.75) is 12.5 Å². The fourth-order valence-corrected chi connectivity index (χ4v) is 1.93. The molecular formula is C12H15BrFNO3. The SMILES string of the molecule is COCCNC(C)(C(=O)O)c1cc(Br)ccc1F. The van der Waals surface area contributed by atoms with Gasteiger partial charge in [0.2, 0.25) is 0 Å². The maximum atomic E-state index is 13.8. The van der Waals surface area contributed by atoms with E-state index in [4.69, 9.17) is 4.74 Å². The lowest BCUT2D eigenvalue weighted by Gasteiger charge is -2.27. The Bertz CT molecular complexity index is 441. The number of hydrogen-bond acceptors (Lipinski definition) is 3. The smallest absolute Gasteiger partial charge is 0.328 e. The molecule has 100 valence electrons. The van der Waals surface area contributed by atoms with Crippen LogP contribution in [0.15, 0.2) is 22.7 Å². The van der Waals surface area contributed by atoms with Gasteiger partial charge >= 0.3 is 5.97 Å². The zero-order chi connectivity index (χ0) is 13.8. The van der Waals surface area contributed by atoms with Gasteiger partial charge in [-0.2, -0.15) is 0 Å². The molecule has 0 aliphatic heterocycles. The van der Waals surface area contributed by atoms with E-state index in [0.717, 1.165) is 0 Å². The molecule has 0 amide bonds. The van der Waals surface area contributed by atoms with Crippen LogP contribution in [-0.2, 0) is 15.1 Å². The molecule has 1 rings (SSSR count). The Kier molecular flexibility index (Phi) is 5.25. The van der Waals surface area contributed by atoms with Crippen LogP contribution >= 0.6 is 15.9 Å². The number of hydrogen-bond donors (Lipinski definition) is 2. The van der Waals surface area contributed by atoms with Gasteiger partial charge in [0.05, 0.1) is 6.61 Å². The summed E-state index contributed by atoms with van der Waals surface area (Å²) in [7, 11) is 1.51. The molecule has 0 aliphatic carbocycles. The second kappa shape index (κ2) is 6.26. The van der Waals surface area contributed by atoms with E-state index in [1.165, 1.54) is 32.2 Å². The minimum absolute atomic E-state index is 0.0838. The second-order valence-electron chi connectivity index (χ2n) is 3.97. The lowest BCUT2D eigenvalue weighted by molar-refractivity contribution is -0.144. The highest BCUT2D eigenvalue weighted by atomic mass is 79.9. The van der Waals surface area contributed by atoms with Crippen LogP contribution in [0.3, 0.4) is 0 Å². The summed E-state index contributed by atoms with van der Waals surface area (Å²) in [5.41, 5.74) is -1.41. The van der Waals surface area contributed by atoms with Crippen molar-refractivity contribution in [1.29, 1.82) is 0 Å². The molecule has 0 bridgehead atoms. The number of benzene rings is 1. The molecule has 6 heteroatoms. The molecule has 18 heavy (non-hydrogen) atoms. The predicted molar refractivity (Wildman–Crippen MR) is 69.0 cm³/mol. The number of ether oxygens (including phenoxy) is 1. The number of halogens is 2. The first-order chi connectivity index (χ1) is 8.41. The third kappa shape index (κ3) is 3.28. The van der Waals surface area contributed by atoms with Crippen LogP contribution in [0.5, 0.6) is 0 Å². The Balaban J connectivity index is 3.10. The molecule has 0 saturated heterocycles. The van der Waals surface area contributed by atoms with Crippen LogP contribution in [0.25, 0.3) is 0 Å². The van der Waals surface area contributed by atoms with Gasteiger partial charge in [-0.25, -0.2) is 9.18 Å². The average molecular weight is 320 g/mol. The predicted octanol–water partition coefficient (Wildman–Crippen LogP) is 2.12. The first-order valence-electron chi connectivity index (χ1n) is 5.34. The Morgan fingerprint density at radius 2 is 2.28 bits per heavy atom. The summed E-state index contributed by atoms with van der Waals surface area (Å²) in [5.74, 6) is -1.70. The maximum absolute atomic E-state index is 13.8. The van der Waals surface area contributed by atoms with E-state index in [2.05, 4.69) is 21.2 Å². The van der Waals surface area contributed by atoms with Crippen molar-refractivity contribution >= 4 is 21.9 Å². The molecule has 0 aromatic heterocycles. The zero-order valence-corrected chi connectivity index (χ0v) is 11.8. The Labute approximate surface area is 113 Å². The van der Waals surface area contributed by atoms with E-state index in [0.29, 0.717) is 17.6 Å². The third-order valence-electron chi connectivity index (χ3n) is 2.68. The van der Waals surface area contributed by atoms with Crippen LogP contribution in [-0.4, -0.2) is 31.3 Å². The standard InChI is InChI=1S/C12H15BrFNO3/c1-12(11(16)17,15-5-6-18-2)9-7-8(13)3-4-10(9)14/h3-4,7,15H,5-6H2,1-2H3,(H,16,17). The molecule has 0 radical (unpaired) electrons. The molecule has 4 nitrogen and oxygen atoms in total. The van der Waals surface area contributed by atoms with Crippen LogP contribution in [0.2, 0.25) is 0 Å². The number of carboxylic acids is 1. The van der Waals surface area contributed by atoms with Crippen LogP contribution in [0.4, 0.5) is 4.39 Å². The maximum Gasteiger partial charge on any atom is 0.328 e. The van der Waals surface area contributed by atoms with Crippen molar-refractivity contribution in [2.24, 2.45) is 0 Å². The van der Waals surface area contributed by atoms with Crippen LogP contribution in [0, 0.1) is 5.82 Å². The van der Waals surface area contributed by atoms with Crippen molar-refractivity contribution in [3.63, 3.8) is 0 Å². The Morgan fingerprint density at radius 3 is 2.83 bits per heavy atom. The summed E-state index contributed by atoms with van der Waals surface area (Å²) in [6.45, 7) is 2.08. The van der Waals surface area contributed by atoms with Gasteiger partial charge in [0.25, 0.3) is 0 Å². The summed E-state index contributed by atoms with van der Waals surface area (Å²) in [4.78, 5) is 11.4. The van der Waals surface area contributed by atoms with Gasteiger partial charge < -0.3 is 9.84 Å². The molecule has 0 aliphatic rings. The third-order valence-corrected chi connectivity index (χ3v) is 3.17. The topological polar surface area (TPSA) is 58.6 Å². The van der Waals surface area contributed by atoms with Crippen molar-refractivity contribution < 1.29 is 19.0 Å².